The Morgan fingerprint density at radius 1 is 0.313 bits per heavy atom. The van der Waals surface area contributed by atoms with E-state index in [2.05, 4.69) is 57.2 Å². The summed E-state index contributed by atoms with van der Waals surface area (Å²) in [5.74, 6) is -0.855. The van der Waals surface area contributed by atoms with Crippen molar-refractivity contribution in [3.05, 3.63) is 36.5 Å². The van der Waals surface area contributed by atoms with Gasteiger partial charge in [0.15, 0.2) is 6.10 Å². The van der Waals surface area contributed by atoms with E-state index in [1.807, 2.05) is 0 Å². The molecule has 0 N–H and O–H groups in total. The van der Waals surface area contributed by atoms with Gasteiger partial charge in [-0.1, -0.05) is 282 Å². The van der Waals surface area contributed by atoms with Crippen LogP contribution in [0.15, 0.2) is 36.5 Å². The van der Waals surface area contributed by atoms with Gasteiger partial charge in [0.2, 0.25) is 0 Å². The van der Waals surface area contributed by atoms with Crippen molar-refractivity contribution in [1.82, 2.24) is 0 Å². The molecule has 0 aliphatic rings. The van der Waals surface area contributed by atoms with Gasteiger partial charge in [-0.3, -0.25) is 14.4 Å². The van der Waals surface area contributed by atoms with Gasteiger partial charge >= 0.3 is 17.9 Å². The zero-order valence-electron chi connectivity index (χ0n) is 44.9. The first-order valence-corrected chi connectivity index (χ1v) is 29.5. The normalized spacial score (nSPS) is 12.2. The van der Waals surface area contributed by atoms with Gasteiger partial charge in [0.05, 0.1) is 0 Å². The quantitative estimate of drug-likeness (QED) is 0.0262. The highest BCUT2D eigenvalue weighted by Crippen LogP contribution is 2.17. The second kappa shape index (κ2) is 56.2. The summed E-state index contributed by atoms with van der Waals surface area (Å²) in [6, 6.07) is 0. The number of rotatable bonds is 54. The van der Waals surface area contributed by atoms with E-state index in [1.165, 1.54) is 199 Å². The van der Waals surface area contributed by atoms with Gasteiger partial charge in [-0.25, -0.2) is 0 Å². The third kappa shape index (κ3) is 54.4. The van der Waals surface area contributed by atoms with Crippen LogP contribution >= 0.6 is 0 Å². The number of unbranched alkanes of at least 4 members (excludes halogenated alkanes) is 37. The third-order valence-electron chi connectivity index (χ3n) is 13.2. The Morgan fingerprint density at radius 3 is 0.910 bits per heavy atom. The zero-order chi connectivity index (χ0) is 48.6. The first-order chi connectivity index (χ1) is 33.0. The smallest absolute Gasteiger partial charge is 0.306 e. The molecule has 0 spiro atoms. The molecule has 6 nitrogen and oxygen atoms in total. The van der Waals surface area contributed by atoms with E-state index < -0.39 is 6.10 Å². The Hall–Kier alpha value is -2.37. The fourth-order valence-electron chi connectivity index (χ4n) is 8.75. The van der Waals surface area contributed by atoms with E-state index >= 15 is 0 Å². The van der Waals surface area contributed by atoms with Crippen molar-refractivity contribution >= 4 is 17.9 Å². The molecular weight excluding hydrogens is 829 g/mol. The van der Waals surface area contributed by atoms with Crippen molar-refractivity contribution in [2.24, 2.45) is 0 Å². The van der Waals surface area contributed by atoms with Gasteiger partial charge < -0.3 is 14.2 Å². The predicted octanol–water partition coefficient (Wildman–Crippen LogP) is 19.7. The van der Waals surface area contributed by atoms with Gasteiger partial charge in [-0.05, 0) is 51.4 Å². The van der Waals surface area contributed by atoms with Crippen LogP contribution in [-0.4, -0.2) is 37.2 Å². The average Bonchev–Trinajstić information content (AvgIpc) is 3.33. The molecule has 0 bridgehead atoms. The minimum Gasteiger partial charge on any atom is -0.462 e. The number of ether oxygens (including phenoxy) is 3. The van der Waals surface area contributed by atoms with E-state index in [-0.39, 0.29) is 31.1 Å². The Morgan fingerprint density at radius 2 is 0.582 bits per heavy atom. The summed E-state index contributed by atoms with van der Waals surface area (Å²) in [6.45, 7) is 6.57. The standard InChI is InChI=1S/C61H112O6/c1-4-7-10-13-16-19-22-24-26-28-30-32-34-36-39-42-45-48-51-54-60(63)66-57-58(56-65-59(62)53-50-47-44-41-38-21-18-15-12-9-6-3)67-61(64)55-52-49-46-43-40-37-35-33-31-29-27-25-23-20-17-14-11-8-5-2/h7,10,16,19,24,26,58H,4-6,8-9,11-15,17-18,20-23,25,27-57H2,1-3H3/b10-7-,19-16-,26-24-. The molecule has 0 aromatic carbocycles. The number of carbonyl (C=O) groups excluding carboxylic acids is 3. The molecule has 0 heterocycles. The van der Waals surface area contributed by atoms with Crippen LogP contribution in [0.2, 0.25) is 0 Å². The highest BCUT2D eigenvalue weighted by molar-refractivity contribution is 5.71. The van der Waals surface area contributed by atoms with Crippen LogP contribution in [0.1, 0.15) is 316 Å². The van der Waals surface area contributed by atoms with E-state index in [4.69, 9.17) is 14.2 Å². The van der Waals surface area contributed by atoms with Gasteiger partial charge in [0.1, 0.15) is 13.2 Å². The second-order valence-corrected chi connectivity index (χ2v) is 19.9. The van der Waals surface area contributed by atoms with Gasteiger partial charge in [0, 0.05) is 19.3 Å². The topological polar surface area (TPSA) is 78.9 Å². The monoisotopic (exact) mass is 941 g/mol. The fourth-order valence-corrected chi connectivity index (χ4v) is 8.75. The number of esters is 3. The van der Waals surface area contributed by atoms with E-state index in [0.29, 0.717) is 19.3 Å². The molecule has 6 heteroatoms. The van der Waals surface area contributed by atoms with E-state index in [1.54, 1.807) is 0 Å². The molecule has 0 aromatic heterocycles. The minimum absolute atomic E-state index is 0.0686. The predicted molar refractivity (Wildman–Crippen MR) is 289 cm³/mol. The van der Waals surface area contributed by atoms with Crippen molar-refractivity contribution in [2.75, 3.05) is 13.2 Å². The van der Waals surface area contributed by atoms with Crippen LogP contribution in [0.5, 0.6) is 0 Å². The molecule has 0 saturated carbocycles. The molecule has 0 aliphatic carbocycles. The molecule has 1 unspecified atom stereocenters. The van der Waals surface area contributed by atoms with Crippen molar-refractivity contribution in [1.29, 1.82) is 0 Å². The summed E-state index contributed by atoms with van der Waals surface area (Å²) in [4.78, 5) is 38.1. The first kappa shape index (κ1) is 64.6. The summed E-state index contributed by atoms with van der Waals surface area (Å²) in [5.41, 5.74) is 0. The second-order valence-electron chi connectivity index (χ2n) is 19.9. The Kier molecular flexibility index (Phi) is 54.2. The molecule has 0 rings (SSSR count). The van der Waals surface area contributed by atoms with Crippen molar-refractivity contribution < 1.29 is 28.6 Å². The lowest BCUT2D eigenvalue weighted by Crippen LogP contribution is -2.30. The molecule has 0 radical (unpaired) electrons. The van der Waals surface area contributed by atoms with Gasteiger partial charge in [0.25, 0.3) is 0 Å². The van der Waals surface area contributed by atoms with Gasteiger partial charge in [-0.15, -0.1) is 0 Å². The highest BCUT2D eigenvalue weighted by atomic mass is 16.6. The Balaban J connectivity index is 4.28. The maximum absolute atomic E-state index is 12.9. The minimum atomic E-state index is -0.769. The lowest BCUT2D eigenvalue weighted by Gasteiger charge is -2.18. The number of allylic oxidation sites excluding steroid dienone is 6. The average molecular weight is 942 g/mol. The van der Waals surface area contributed by atoms with Gasteiger partial charge in [-0.2, -0.15) is 0 Å². The van der Waals surface area contributed by atoms with Crippen LogP contribution < -0.4 is 0 Å². The SMILES string of the molecule is CC/C=C\C/C=C\C/C=C\CCCCCCCCCCCC(=O)OCC(COC(=O)CCCCCCCCCCCCC)OC(=O)CCCCCCCCCCCCCCCCCCCCC. The summed E-state index contributed by atoms with van der Waals surface area (Å²) >= 11 is 0. The third-order valence-corrected chi connectivity index (χ3v) is 13.2. The van der Waals surface area contributed by atoms with Crippen LogP contribution in [-0.2, 0) is 28.6 Å². The Bertz CT molecular complexity index is 1130. The molecule has 0 aliphatic heterocycles. The lowest BCUT2D eigenvalue weighted by molar-refractivity contribution is -0.167. The van der Waals surface area contributed by atoms with Crippen LogP contribution in [0, 0.1) is 0 Å². The van der Waals surface area contributed by atoms with E-state index in [9.17, 15) is 14.4 Å². The number of carbonyl (C=O) groups is 3. The van der Waals surface area contributed by atoms with Crippen LogP contribution in [0.4, 0.5) is 0 Å². The Labute approximate surface area is 416 Å². The maximum atomic E-state index is 12.9. The van der Waals surface area contributed by atoms with E-state index in [0.717, 1.165) is 77.0 Å². The molecular formula is C61H112O6. The van der Waals surface area contributed by atoms with Crippen LogP contribution in [0.3, 0.4) is 0 Å². The summed E-state index contributed by atoms with van der Waals surface area (Å²) < 4.78 is 16.9. The molecule has 0 amide bonds. The van der Waals surface area contributed by atoms with Crippen LogP contribution in [0.25, 0.3) is 0 Å². The summed E-state index contributed by atoms with van der Waals surface area (Å²) in [7, 11) is 0. The summed E-state index contributed by atoms with van der Waals surface area (Å²) in [6.07, 6.45) is 67.1. The molecule has 392 valence electrons. The molecule has 1 atom stereocenters. The molecule has 0 aromatic rings. The zero-order valence-corrected chi connectivity index (χ0v) is 44.9. The first-order valence-electron chi connectivity index (χ1n) is 29.5. The molecule has 67 heavy (non-hydrogen) atoms. The number of hydrogen-bond donors (Lipinski definition) is 0. The maximum Gasteiger partial charge on any atom is 0.306 e. The molecule has 0 fully saturated rings. The number of hydrogen-bond acceptors (Lipinski definition) is 6. The highest BCUT2D eigenvalue weighted by Gasteiger charge is 2.19. The van der Waals surface area contributed by atoms with Crippen molar-refractivity contribution in [2.45, 2.75) is 322 Å². The lowest BCUT2D eigenvalue weighted by atomic mass is 10.0. The van der Waals surface area contributed by atoms with Crippen molar-refractivity contribution in [3.8, 4) is 0 Å². The molecule has 0 saturated heterocycles. The van der Waals surface area contributed by atoms with Crippen molar-refractivity contribution in [3.63, 3.8) is 0 Å². The fraction of sp³-hybridized carbons (Fsp3) is 0.852. The summed E-state index contributed by atoms with van der Waals surface area (Å²) in [5, 5.41) is 0. The largest absolute Gasteiger partial charge is 0.462 e.